The van der Waals surface area contributed by atoms with Gasteiger partial charge in [0.25, 0.3) is 0 Å². The number of hydrogen-bond acceptors (Lipinski definition) is 2. The summed E-state index contributed by atoms with van der Waals surface area (Å²) in [5.41, 5.74) is 17.9. The van der Waals surface area contributed by atoms with Gasteiger partial charge in [0, 0.05) is 50.2 Å². The van der Waals surface area contributed by atoms with Gasteiger partial charge in [-0.15, -0.1) is 0 Å². The average Bonchev–Trinajstić information content (AvgIpc) is 3.90. The van der Waals surface area contributed by atoms with Crippen LogP contribution in [-0.4, -0.2) is 4.57 Å². The molecular formula is C60H40N2O. The van der Waals surface area contributed by atoms with E-state index in [1.54, 1.807) is 0 Å². The molecule has 0 aliphatic heterocycles. The van der Waals surface area contributed by atoms with Crippen LogP contribution in [0.3, 0.4) is 0 Å². The number of nitrogens with zero attached hydrogens (tertiary/aromatic N) is 2. The number of anilines is 3. The lowest BCUT2D eigenvalue weighted by Crippen LogP contribution is -2.09. The molecule has 0 radical (unpaired) electrons. The maximum absolute atomic E-state index is 6.42. The number of fused-ring (bicyclic) bond motifs is 6. The fourth-order valence-electron chi connectivity index (χ4n) is 9.43. The minimum Gasteiger partial charge on any atom is -0.456 e. The molecule has 0 bridgehead atoms. The molecule has 0 aliphatic rings. The topological polar surface area (TPSA) is 21.3 Å². The number of hydrogen-bond donors (Lipinski definition) is 0. The van der Waals surface area contributed by atoms with Gasteiger partial charge in [-0.1, -0.05) is 176 Å². The molecule has 0 N–H and O–H groups in total. The summed E-state index contributed by atoms with van der Waals surface area (Å²) < 4.78 is 8.84. The van der Waals surface area contributed by atoms with Crippen molar-refractivity contribution in [3.8, 4) is 50.2 Å². The van der Waals surface area contributed by atoms with E-state index in [2.05, 4.69) is 240 Å². The second kappa shape index (κ2) is 15.3. The van der Waals surface area contributed by atoms with Gasteiger partial charge in [0.2, 0.25) is 0 Å². The number of furan rings is 1. The highest BCUT2D eigenvalue weighted by Crippen LogP contribution is 2.43. The van der Waals surface area contributed by atoms with Gasteiger partial charge < -0.3 is 13.9 Å². The Morgan fingerprint density at radius 2 is 0.730 bits per heavy atom. The van der Waals surface area contributed by atoms with E-state index in [9.17, 15) is 0 Å². The van der Waals surface area contributed by atoms with Gasteiger partial charge in [0.05, 0.1) is 16.7 Å². The van der Waals surface area contributed by atoms with Gasteiger partial charge in [-0.3, -0.25) is 0 Å². The SMILES string of the molecule is c1ccc(-c2ccc(-c3ccc(N(c4ccc(-c5ccccc5-c5ccccc5-n5c6ccccc6c6ccccc65)cc4)c4ccc5c(c4)oc4ccccc45)cc3)cc2)cc1. The monoisotopic (exact) mass is 804 g/mol. The van der Waals surface area contributed by atoms with E-state index in [0.717, 1.165) is 50.3 Å². The number of rotatable bonds is 8. The molecule has 0 spiro atoms. The highest BCUT2D eigenvalue weighted by atomic mass is 16.3. The fourth-order valence-corrected chi connectivity index (χ4v) is 9.43. The predicted octanol–water partition coefficient (Wildman–Crippen LogP) is 16.8. The summed E-state index contributed by atoms with van der Waals surface area (Å²) in [5, 5.41) is 4.73. The molecule has 0 saturated carbocycles. The van der Waals surface area contributed by atoms with E-state index in [4.69, 9.17) is 4.42 Å². The Balaban J connectivity index is 0.939. The molecule has 12 rings (SSSR count). The molecule has 2 heterocycles. The van der Waals surface area contributed by atoms with Crippen molar-refractivity contribution in [3.05, 3.63) is 243 Å². The number of para-hydroxylation sites is 4. The van der Waals surface area contributed by atoms with Crippen LogP contribution in [0.25, 0.3) is 93.9 Å². The molecule has 0 fully saturated rings. The lowest BCUT2D eigenvalue weighted by Gasteiger charge is -2.26. The van der Waals surface area contributed by atoms with Crippen molar-refractivity contribution in [2.75, 3.05) is 4.90 Å². The van der Waals surface area contributed by atoms with Gasteiger partial charge in [0.15, 0.2) is 0 Å². The van der Waals surface area contributed by atoms with Gasteiger partial charge >= 0.3 is 0 Å². The maximum atomic E-state index is 6.42. The first-order valence-corrected chi connectivity index (χ1v) is 21.5. The summed E-state index contributed by atoms with van der Waals surface area (Å²) in [5.74, 6) is 0. The van der Waals surface area contributed by atoms with Crippen molar-refractivity contribution in [1.29, 1.82) is 0 Å². The molecular weight excluding hydrogens is 765 g/mol. The van der Waals surface area contributed by atoms with Crippen LogP contribution < -0.4 is 4.90 Å². The summed E-state index contributed by atoms with van der Waals surface area (Å²) >= 11 is 0. The van der Waals surface area contributed by atoms with Gasteiger partial charge in [-0.05, 0) is 99.6 Å². The third-order valence-electron chi connectivity index (χ3n) is 12.5. The number of benzene rings is 10. The van der Waals surface area contributed by atoms with Crippen molar-refractivity contribution in [1.82, 2.24) is 4.57 Å². The summed E-state index contributed by atoms with van der Waals surface area (Å²) in [6.07, 6.45) is 0. The van der Waals surface area contributed by atoms with Gasteiger partial charge in [-0.25, -0.2) is 0 Å². The summed E-state index contributed by atoms with van der Waals surface area (Å²) in [6.45, 7) is 0. The highest BCUT2D eigenvalue weighted by Gasteiger charge is 2.19. The van der Waals surface area contributed by atoms with Crippen LogP contribution >= 0.6 is 0 Å². The van der Waals surface area contributed by atoms with Crippen molar-refractivity contribution in [3.63, 3.8) is 0 Å². The van der Waals surface area contributed by atoms with Crippen molar-refractivity contribution < 1.29 is 4.42 Å². The first kappa shape index (κ1) is 36.5. The molecule has 10 aromatic carbocycles. The Morgan fingerprint density at radius 1 is 0.286 bits per heavy atom. The molecule has 0 aliphatic carbocycles. The Kier molecular flexibility index (Phi) is 8.83. The molecule has 3 nitrogen and oxygen atoms in total. The Morgan fingerprint density at radius 3 is 1.38 bits per heavy atom. The van der Waals surface area contributed by atoms with Crippen LogP contribution in [0, 0.1) is 0 Å². The second-order valence-electron chi connectivity index (χ2n) is 16.1. The third kappa shape index (κ3) is 6.38. The normalized spacial score (nSPS) is 11.5. The van der Waals surface area contributed by atoms with Crippen molar-refractivity contribution in [2.45, 2.75) is 0 Å². The molecule has 3 heteroatoms. The predicted molar refractivity (Wildman–Crippen MR) is 264 cm³/mol. The van der Waals surface area contributed by atoms with E-state index in [-0.39, 0.29) is 0 Å². The highest BCUT2D eigenvalue weighted by molar-refractivity contribution is 6.10. The lowest BCUT2D eigenvalue weighted by molar-refractivity contribution is 0.669. The summed E-state index contributed by atoms with van der Waals surface area (Å²) in [6, 6.07) is 87.0. The summed E-state index contributed by atoms with van der Waals surface area (Å²) in [7, 11) is 0. The largest absolute Gasteiger partial charge is 0.456 e. The van der Waals surface area contributed by atoms with E-state index in [1.807, 2.05) is 12.1 Å². The standard InChI is InChI=1S/C60H40N2O/c1-2-14-41(15-3-1)42-26-28-43(29-27-42)44-30-34-46(35-31-44)61(48-38-39-55-54-21-9-13-25-59(54)63-60(55)40-48)47-36-32-45(33-37-47)49-16-4-5-17-50(49)51-18-6-10-22-56(51)62-57-23-11-7-19-52(57)53-20-8-12-24-58(53)62/h1-40H. The molecule has 0 atom stereocenters. The Bertz CT molecular complexity index is 3550. The van der Waals surface area contributed by atoms with Crippen LogP contribution in [0.1, 0.15) is 0 Å². The van der Waals surface area contributed by atoms with Crippen LogP contribution in [0.4, 0.5) is 17.1 Å². The first-order valence-electron chi connectivity index (χ1n) is 21.5. The minimum atomic E-state index is 0.862. The molecule has 0 saturated heterocycles. The van der Waals surface area contributed by atoms with E-state index < -0.39 is 0 Å². The average molecular weight is 805 g/mol. The third-order valence-corrected chi connectivity index (χ3v) is 12.5. The Hall–Kier alpha value is -8.40. The molecule has 0 amide bonds. The molecule has 2 aromatic heterocycles. The minimum absolute atomic E-state index is 0.862. The van der Waals surface area contributed by atoms with E-state index in [1.165, 1.54) is 60.8 Å². The zero-order chi connectivity index (χ0) is 41.7. The van der Waals surface area contributed by atoms with Gasteiger partial charge in [-0.2, -0.15) is 0 Å². The van der Waals surface area contributed by atoms with Crippen LogP contribution in [0.5, 0.6) is 0 Å². The first-order chi connectivity index (χ1) is 31.2. The maximum Gasteiger partial charge on any atom is 0.137 e. The smallest absolute Gasteiger partial charge is 0.137 e. The van der Waals surface area contributed by atoms with Gasteiger partial charge in [0.1, 0.15) is 11.2 Å². The molecule has 296 valence electrons. The Labute approximate surface area is 366 Å². The number of aromatic nitrogens is 1. The van der Waals surface area contributed by atoms with E-state index >= 15 is 0 Å². The van der Waals surface area contributed by atoms with E-state index in [0.29, 0.717) is 0 Å². The van der Waals surface area contributed by atoms with Crippen LogP contribution in [0.2, 0.25) is 0 Å². The molecule has 0 unspecified atom stereocenters. The fraction of sp³-hybridized carbons (Fsp3) is 0. The quantitative estimate of drug-likeness (QED) is 0.153. The zero-order valence-electron chi connectivity index (χ0n) is 34.4. The molecule has 12 aromatic rings. The zero-order valence-corrected chi connectivity index (χ0v) is 34.4. The van der Waals surface area contributed by atoms with Crippen molar-refractivity contribution in [2.24, 2.45) is 0 Å². The second-order valence-corrected chi connectivity index (χ2v) is 16.1. The lowest BCUT2D eigenvalue weighted by atomic mass is 9.93. The molecule has 63 heavy (non-hydrogen) atoms. The van der Waals surface area contributed by atoms with Crippen LogP contribution in [-0.2, 0) is 0 Å². The van der Waals surface area contributed by atoms with Crippen LogP contribution in [0.15, 0.2) is 247 Å². The summed E-state index contributed by atoms with van der Waals surface area (Å²) in [4.78, 5) is 2.32. The van der Waals surface area contributed by atoms with Crippen molar-refractivity contribution >= 4 is 60.8 Å².